The molecule has 25 heavy (non-hydrogen) atoms. The maximum absolute atomic E-state index is 12.5. The van der Waals surface area contributed by atoms with Gasteiger partial charge in [-0.2, -0.15) is 0 Å². The van der Waals surface area contributed by atoms with Gasteiger partial charge in [-0.3, -0.25) is 9.59 Å². The minimum Gasteiger partial charge on any atom is -0.466 e. The summed E-state index contributed by atoms with van der Waals surface area (Å²) in [4.78, 5) is 28.6. The second-order valence-electron chi connectivity index (χ2n) is 6.54. The van der Waals surface area contributed by atoms with Gasteiger partial charge in [0.1, 0.15) is 12.0 Å². The summed E-state index contributed by atoms with van der Waals surface area (Å²) < 4.78 is 5.12. The van der Waals surface area contributed by atoms with Gasteiger partial charge < -0.3 is 19.6 Å². The second kappa shape index (κ2) is 8.34. The Labute approximate surface area is 149 Å². The van der Waals surface area contributed by atoms with Gasteiger partial charge in [0.15, 0.2) is 0 Å². The number of anilines is 1. The molecular weight excluding hydrogens is 320 g/mol. The van der Waals surface area contributed by atoms with Gasteiger partial charge in [-0.05, 0) is 31.0 Å². The van der Waals surface area contributed by atoms with Crippen molar-refractivity contribution in [2.75, 3.05) is 32.1 Å². The Bertz CT molecular complexity index is 600. The molecule has 1 N–H and O–H groups in total. The Morgan fingerprint density at radius 2 is 1.88 bits per heavy atom. The van der Waals surface area contributed by atoms with Crippen molar-refractivity contribution in [1.82, 2.24) is 4.90 Å². The van der Waals surface area contributed by atoms with Gasteiger partial charge in [0.25, 0.3) is 5.91 Å². The van der Waals surface area contributed by atoms with Crippen LogP contribution in [-0.2, 0) is 14.3 Å². The lowest BCUT2D eigenvalue weighted by Gasteiger charge is -2.28. The van der Waals surface area contributed by atoms with E-state index in [1.807, 2.05) is 50.2 Å². The van der Waals surface area contributed by atoms with E-state index in [0.717, 1.165) is 24.1 Å². The van der Waals surface area contributed by atoms with Crippen LogP contribution in [0.3, 0.4) is 0 Å². The average molecular weight is 348 g/mol. The molecule has 1 aromatic rings. The molecule has 0 aromatic heterocycles. The molecule has 0 aliphatic carbocycles. The first-order chi connectivity index (χ1) is 11.9. The fourth-order valence-corrected chi connectivity index (χ4v) is 3.26. The van der Waals surface area contributed by atoms with Gasteiger partial charge in [0.05, 0.1) is 12.6 Å². The van der Waals surface area contributed by atoms with Crippen molar-refractivity contribution < 1.29 is 19.4 Å². The zero-order valence-electron chi connectivity index (χ0n) is 15.4. The minimum atomic E-state index is -1.35. The molecule has 0 unspecified atom stereocenters. The highest BCUT2D eigenvalue weighted by Crippen LogP contribution is 2.39. The number of hydrogen-bond acceptors (Lipinski definition) is 5. The van der Waals surface area contributed by atoms with Gasteiger partial charge in [-0.15, -0.1) is 0 Å². The first-order valence-electron chi connectivity index (χ1n) is 8.84. The maximum Gasteiger partial charge on any atom is 0.314 e. The van der Waals surface area contributed by atoms with Crippen molar-refractivity contribution in [3.05, 3.63) is 29.8 Å². The van der Waals surface area contributed by atoms with Crippen LogP contribution in [0.5, 0.6) is 0 Å². The summed E-state index contributed by atoms with van der Waals surface area (Å²) in [5, 5.41) is 10.4. The molecule has 1 fully saturated rings. The number of benzene rings is 1. The predicted octanol–water partition coefficient (Wildman–Crippen LogP) is 1.98. The molecule has 1 aliphatic rings. The fraction of sp³-hybridized carbons (Fsp3) is 0.579. The van der Waals surface area contributed by atoms with E-state index in [9.17, 15) is 14.7 Å². The number of aliphatic hydroxyl groups is 1. The third kappa shape index (κ3) is 3.95. The van der Waals surface area contributed by atoms with Crippen molar-refractivity contribution in [2.24, 2.45) is 5.92 Å². The van der Waals surface area contributed by atoms with Crippen LogP contribution in [0.1, 0.15) is 38.3 Å². The summed E-state index contributed by atoms with van der Waals surface area (Å²) in [7, 11) is 3.90. The average Bonchev–Trinajstić information content (AvgIpc) is 2.84. The normalized spacial score (nSPS) is 23.0. The number of ether oxygens (including phenoxy) is 1. The van der Waals surface area contributed by atoms with Gasteiger partial charge in [0.2, 0.25) is 0 Å². The zero-order chi connectivity index (χ0) is 18.6. The summed E-state index contributed by atoms with van der Waals surface area (Å²) in [6.07, 6.45) is 0.394. The smallest absolute Gasteiger partial charge is 0.314 e. The second-order valence-corrected chi connectivity index (χ2v) is 6.54. The molecular formula is C19H28N2O4. The van der Waals surface area contributed by atoms with Crippen molar-refractivity contribution in [2.45, 2.75) is 38.8 Å². The predicted molar refractivity (Wildman–Crippen MR) is 96.3 cm³/mol. The monoisotopic (exact) mass is 348 g/mol. The van der Waals surface area contributed by atoms with Crippen LogP contribution in [0.25, 0.3) is 0 Å². The SMILES string of the molecule is CCCCN1C(=O)[C@@H](O)[C@H](C(=O)OCC)[C@H]1c1ccc(N(C)C)cc1. The topological polar surface area (TPSA) is 70.1 Å². The molecule has 6 nitrogen and oxygen atoms in total. The molecule has 2 rings (SSSR count). The van der Waals surface area contributed by atoms with Crippen LogP contribution in [0, 0.1) is 5.92 Å². The zero-order valence-corrected chi connectivity index (χ0v) is 15.4. The number of hydrogen-bond donors (Lipinski definition) is 1. The van der Waals surface area contributed by atoms with Crippen LogP contribution in [-0.4, -0.2) is 55.2 Å². The first kappa shape index (κ1) is 19.2. The van der Waals surface area contributed by atoms with Crippen LogP contribution in [0.4, 0.5) is 5.69 Å². The Morgan fingerprint density at radius 1 is 1.24 bits per heavy atom. The highest BCUT2D eigenvalue weighted by molar-refractivity contribution is 5.92. The van der Waals surface area contributed by atoms with E-state index >= 15 is 0 Å². The first-order valence-corrected chi connectivity index (χ1v) is 8.84. The largest absolute Gasteiger partial charge is 0.466 e. The van der Waals surface area contributed by atoms with Crippen LogP contribution < -0.4 is 4.90 Å². The molecule has 1 amide bonds. The number of unbranched alkanes of at least 4 members (excludes halogenated alkanes) is 1. The minimum absolute atomic E-state index is 0.220. The summed E-state index contributed by atoms with van der Waals surface area (Å²) >= 11 is 0. The fourth-order valence-electron chi connectivity index (χ4n) is 3.26. The van der Waals surface area contributed by atoms with E-state index < -0.39 is 29.9 Å². The summed E-state index contributed by atoms with van der Waals surface area (Å²) in [6.45, 7) is 4.50. The molecule has 0 bridgehead atoms. The molecule has 138 valence electrons. The maximum atomic E-state index is 12.5. The molecule has 1 heterocycles. The number of carbonyl (C=O) groups is 2. The van der Waals surface area contributed by atoms with Crippen molar-refractivity contribution >= 4 is 17.6 Å². The number of nitrogens with zero attached hydrogens (tertiary/aromatic N) is 2. The number of amides is 1. The third-order valence-corrected chi connectivity index (χ3v) is 4.61. The van der Waals surface area contributed by atoms with E-state index in [1.54, 1.807) is 11.8 Å². The Balaban J connectivity index is 2.40. The molecule has 1 aliphatic heterocycles. The molecule has 0 saturated carbocycles. The Hall–Kier alpha value is -2.08. The molecule has 6 heteroatoms. The lowest BCUT2D eigenvalue weighted by atomic mass is 9.92. The highest BCUT2D eigenvalue weighted by Gasteiger charge is 2.52. The van der Waals surface area contributed by atoms with Gasteiger partial charge in [-0.1, -0.05) is 25.5 Å². The van der Waals surface area contributed by atoms with E-state index in [4.69, 9.17) is 4.74 Å². The third-order valence-electron chi connectivity index (χ3n) is 4.61. The summed E-state index contributed by atoms with van der Waals surface area (Å²) in [5.74, 6) is -1.81. The van der Waals surface area contributed by atoms with Crippen molar-refractivity contribution in [1.29, 1.82) is 0 Å². The molecule has 1 aromatic carbocycles. The number of likely N-dealkylation sites (tertiary alicyclic amines) is 1. The summed E-state index contributed by atoms with van der Waals surface area (Å²) in [6, 6.07) is 7.23. The van der Waals surface area contributed by atoms with E-state index in [-0.39, 0.29) is 6.61 Å². The number of carbonyl (C=O) groups excluding carboxylic acids is 2. The number of esters is 1. The highest BCUT2D eigenvalue weighted by atomic mass is 16.5. The van der Waals surface area contributed by atoms with Crippen molar-refractivity contribution in [3.8, 4) is 0 Å². The van der Waals surface area contributed by atoms with E-state index in [1.165, 1.54) is 0 Å². The number of aliphatic hydroxyl groups excluding tert-OH is 1. The van der Waals surface area contributed by atoms with Crippen molar-refractivity contribution in [3.63, 3.8) is 0 Å². The van der Waals surface area contributed by atoms with Crippen LogP contribution in [0.15, 0.2) is 24.3 Å². The number of rotatable bonds is 7. The quantitative estimate of drug-likeness (QED) is 0.763. The molecule has 1 saturated heterocycles. The standard InChI is InChI=1S/C19H28N2O4/c1-5-7-12-21-16(13-8-10-14(11-9-13)20(3)4)15(17(22)18(21)23)19(24)25-6-2/h8-11,15-17,22H,5-7,12H2,1-4H3/t15-,16-,17+/m1/s1. The van der Waals surface area contributed by atoms with Crippen LogP contribution >= 0.6 is 0 Å². The van der Waals surface area contributed by atoms with E-state index in [0.29, 0.717) is 6.54 Å². The van der Waals surface area contributed by atoms with Gasteiger partial charge in [0, 0.05) is 26.3 Å². The lowest BCUT2D eigenvalue weighted by molar-refractivity contribution is -0.153. The lowest BCUT2D eigenvalue weighted by Crippen LogP contribution is -2.32. The Morgan fingerprint density at radius 3 is 2.40 bits per heavy atom. The molecule has 3 atom stereocenters. The Kier molecular flexibility index (Phi) is 6.42. The van der Waals surface area contributed by atoms with Gasteiger partial charge >= 0.3 is 5.97 Å². The van der Waals surface area contributed by atoms with Gasteiger partial charge in [-0.25, -0.2) is 0 Å². The molecule has 0 radical (unpaired) electrons. The van der Waals surface area contributed by atoms with E-state index in [2.05, 4.69) is 0 Å². The summed E-state index contributed by atoms with van der Waals surface area (Å²) in [5.41, 5.74) is 1.87. The van der Waals surface area contributed by atoms with Crippen LogP contribution in [0.2, 0.25) is 0 Å². The molecule has 0 spiro atoms.